The smallest absolute Gasteiger partial charge is 0.306 e. The summed E-state index contributed by atoms with van der Waals surface area (Å²) in [5, 5.41) is 0. The van der Waals surface area contributed by atoms with Gasteiger partial charge in [-0.2, -0.15) is 0 Å². The number of carbonyl (C=O) groups excluding carboxylic acids is 3. The molecule has 0 radical (unpaired) electrons. The molecule has 0 heterocycles. The van der Waals surface area contributed by atoms with Gasteiger partial charge in [-0.05, 0) is 96.3 Å². The van der Waals surface area contributed by atoms with Crippen LogP contribution in [0.5, 0.6) is 0 Å². The van der Waals surface area contributed by atoms with Gasteiger partial charge < -0.3 is 14.2 Å². The van der Waals surface area contributed by atoms with E-state index < -0.39 is 6.10 Å². The fraction of sp³-hybridized carbons (Fsp3) is 0.707. The van der Waals surface area contributed by atoms with Crippen LogP contribution >= 0.6 is 0 Å². The van der Waals surface area contributed by atoms with Crippen LogP contribution in [0.25, 0.3) is 0 Å². The fourth-order valence-electron chi connectivity index (χ4n) is 7.15. The molecule has 64 heavy (non-hydrogen) atoms. The first kappa shape index (κ1) is 60.6. The third-order valence-corrected chi connectivity index (χ3v) is 11.1. The summed E-state index contributed by atoms with van der Waals surface area (Å²) in [5.41, 5.74) is 0. The minimum Gasteiger partial charge on any atom is -0.462 e. The average Bonchev–Trinajstić information content (AvgIpc) is 3.29. The molecule has 0 aromatic carbocycles. The van der Waals surface area contributed by atoms with Gasteiger partial charge in [0.05, 0.1) is 0 Å². The van der Waals surface area contributed by atoms with Crippen molar-refractivity contribution in [2.75, 3.05) is 13.2 Å². The Kier molecular flexibility index (Phi) is 49.4. The number of carbonyl (C=O) groups is 3. The Morgan fingerprint density at radius 2 is 0.609 bits per heavy atom. The number of unbranched alkanes of at least 4 members (excludes halogenated alkanes) is 22. The molecule has 0 aliphatic carbocycles. The maximum atomic E-state index is 12.8. The maximum absolute atomic E-state index is 12.8. The number of rotatable bonds is 47. The molecule has 1 atom stereocenters. The van der Waals surface area contributed by atoms with Crippen LogP contribution in [-0.4, -0.2) is 37.2 Å². The molecular formula is C58H98O6. The summed E-state index contributed by atoms with van der Waals surface area (Å²) in [6.07, 6.45) is 67.0. The van der Waals surface area contributed by atoms with Gasteiger partial charge in [0, 0.05) is 19.3 Å². The summed E-state index contributed by atoms with van der Waals surface area (Å²) in [6.45, 7) is 6.45. The molecule has 0 unspecified atom stereocenters. The van der Waals surface area contributed by atoms with Crippen LogP contribution in [0.15, 0.2) is 85.1 Å². The fourth-order valence-corrected chi connectivity index (χ4v) is 7.15. The summed E-state index contributed by atoms with van der Waals surface area (Å²) in [4.78, 5) is 38.0. The van der Waals surface area contributed by atoms with Crippen molar-refractivity contribution in [1.29, 1.82) is 0 Å². The molecule has 0 fully saturated rings. The van der Waals surface area contributed by atoms with Crippen LogP contribution in [0.1, 0.15) is 245 Å². The lowest BCUT2D eigenvalue weighted by atomic mass is 10.0. The van der Waals surface area contributed by atoms with E-state index in [0.717, 1.165) is 122 Å². The second-order valence-electron chi connectivity index (χ2n) is 17.4. The normalized spacial score (nSPS) is 12.7. The first-order valence-corrected chi connectivity index (χ1v) is 26.6. The van der Waals surface area contributed by atoms with Crippen LogP contribution in [0.4, 0.5) is 0 Å². The Morgan fingerprint density at radius 1 is 0.328 bits per heavy atom. The van der Waals surface area contributed by atoms with Gasteiger partial charge in [-0.15, -0.1) is 0 Å². The molecule has 0 aliphatic heterocycles. The highest BCUT2D eigenvalue weighted by molar-refractivity contribution is 5.71. The lowest BCUT2D eigenvalue weighted by Gasteiger charge is -2.18. The van der Waals surface area contributed by atoms with E-state index in [1.165, 1.54) is 83.5 Å². The molecular weight excluding hydrogens is 793 g/mol. The molecule has 0 rings (SSSR count). The maximum Gasteiger partial charge on any atom is 0.306 e. The van der Waals surface area contributed by atoms with Gasteiger partial charge in [0.2, 0.25) is 0 Å². The van der Waals surface area contributed by atoms with E-state index in [1.54, 1.807) is 0 Å². The first-order valence-electron chi connectivity index (χ1n) is 26.6. The van der Waals surface area contributed by atoms with Crippen molar-refractivity contribution >= 4 is 17.9 Å². The Balaban J connectivity index is 4.47. The zero-order valence-corrected chi connectivity index (χ0v) is 41.8. The van der Waals surface area contributed by atoms with Crippen molar-refractivity contribution in [3.63, 3.8) is 0 Å². The van der Waals surface area contributed by atoms with E-state index in [4.69, 9.17) is 14.2 Å². The summed E-state index contributed by atoms with van der Waals surface area (Å²) in [6, 6.07) is 0. The van der Waals surface area contributed by atoms with Crippen LogP contribution in [0, 0.1) is 0 Å². The summed E-state index contributed by atoms with van der Waals surface area (Å²) in [7, 11) is 0. The van der Waals surface area contributed by atoms with E-state index in [-0.39, 0.29) is 31.1 Å². The topological polar surface area (TPSA) is 78.9 Å². The summed E-state index contributed by atoms with van der Waals surface area (Å²) in [5.74, 6) is -0.938. The molecule has 0 N–H and O–H groups in total. The zero-order valence-electron chi connectivity index (χ0n) is 41.8. The van der Waals surface area contributed by atoms with Crippen molar-refractivity contribution < 1.29 is 28.6 Å². The predicted octanol–water partition coefficient (Wildman–Crippen LogP) is 17.6. The molecule has 0 aromatic rings. The Bertz CT molecular complexity index is 1250. The minimum atomic E-state index is -0.797. The lowest BCUT2D eigenvalue weighted by molar-refractivity contribution is -0.167. The van der Waals surface area contributed by atoms with Gasteiger partial charge in [-0.3, -0.25) is 14.4 Å². The lowest BCUT2D eigenvalue weighted by Crippen LogP contribution is -2.30. The van der Waals surface area contributed by atoms with Gasteiger partial charge in [0.1, 0.15) is 13.2 Å². The second kappa shape index (κ2) is 52.2. The summed E-state index contributed by atoms with van der Waals surface area (Å²) < 4.78 is 16.8. The van der Waals surface area contributed by atoms with Gasteiger partial charge in [-0.1, -0.05) is 215 Å². The minimum absolute atomic E-state index is 0.0926. The number of hydrogen-bond acceptors (Lipinski definition) is 6. The molecule has 6 nitrogen and oxygen atoms in total. The molecule has 0 aromatic heterocycles. The predicted molar refractivity (Wildman–Crippen MR) is 274 cm³/mol. The zero-order chi connectivity index (χ0) is 46.5. The number of esters is 3. The largest absolute Gasteiger partial charge is 0.462 e. The monoisotopic (exact) mass is 891 g/mol. The Morgan fingerprint density at radius 3 is 0.984 bits per heavy atom. The van der Waals surface area contributed by atoms with E-state index in [2.05, 4.69) is 106 Å². The molecule has 366 valence electrons. The van der Waals surface area contributed by atoms with Gasteiger partial charge in [-0.25, -0.2) is 0 Å². The van der Waals surface area contributed by atoms with Crippen LogP contribution in [0.3, 0.4) is 0 Å². The van der Waals surface area contributed by atoms with E-state index >= 15 is 0 Å². The van der Waals surface area contributed by atoms with Gasteiger partial charge in [0.15, 0.2) is 6.10 Å². The van der Waals surface area contributed by atoms with Crippen molar-refractivity contribution in [3.8, 4) is 0 Å². The molecule has 0 aliphatic rings. The Hall–Kier alpha value is -3.41. The highest BCUT2D eigenvalue weighted by Gasteiger charge is 2.19. The van der Waals surface area contributed by atoms with Crippen molar-refractivity contribution in [3.05, 3.63) is 85.1 Å². The van der Waals surface area contributed by atoms with Crippen LogP contribution in [0.2, 0.25) is 0 Å². The standard InChI is InChI=1S/C58H98O6/c1-4-7-10-13-16-19-22-25-27-29-31-33-36-39-42-45-48-51-57(60)63-54-55(53-62-56(59)50-47-44-41-38-35-24-21-18-15-12-9-6-3)64-58(61)52-49-46-43-40-37-34-32-30-28-26-23-20-17-14-11-8-5-2/h7,10,16-17,19-20,25-28,31-34,55H,4-6,8-9,11-15,18,21-24,29-30,35-54H2,1-3H3/b10-7-,19-16-,20-17-,27-25-,28-26-,33-31-,34-32-/t55-/m0/s1. The van der Waals surface area contributed by atoms with Crippen LogP contribution < -0.4 is 0 Å². The van der Waals surface area contributed by atoms with E-state index in [9.17, 15) is 14.4 Å². The molecule has 0 saturated heterocycles. The number of ether oxygens (including phenoxy) is 3. The SMILES string of the molecule is CC/C=C\C/C=C\C/C=C\C/C=C\CCCCCCC(=O)OC[C@H](COC(=O)CCCCCCCCCCCCCC)OC(=O)CCCCCC/C=C\C/C=C\C/C=C\CCCCC. The third kappa shape index (κ3) is 49.6. The molecule has 0 spiro atoms. The average molecular weight is 891 g/mol. The first-order chi connectivity index (χ1) is 31.5. The molecule has 0 bridgehead atoms. The van der Waals surface area contributed by atoms with Crippen molar-refractivity contribution in [2.24, 2.45) is 0 Å². The quantitative estimate of drug-likeness (QED) is 0.0262. The van der Waals surface area contributed by atoms with Crippen molar-refractivity contribution in [2.45, 2.75) is 252 Å². The molecule has 0 saturated carbocycles. The molecule has 0 amide bonds. The highest BCUT2D eigenvalue weighted by Crippen LogP contribution is 2.14. The third-order valence-electron chi connectivity index (χ3n) is 11.1. The Labute approximate surface area is 395 Å². The number of allylic oxidation sites excluding steroid dienone is 14. The van der Waals surface area contributed by atoms with Crippen molar-refractivity contribution in [1.82, 2.24) is 0 Å². The number of hydrogen-bond donors (Lipinski definition) is 0. The summed E-state index contributed by atoms with van der Waals surface area (Å²) >= 11 is 0. The van der Waals surface area contributed by atoms with Crippen LogP contribution in [-0.2, 0) is 28.6 Å². The molecule has 6 heteroatoms. The van der Waals surface area contributed by atoms with Gasteiger partial charge in [0.25, 0.3) is 0 Å². The van der Waals surface area contributed by atoms with Gasteiger partial charge >= 0.3 is 17.9 Å². The highest BCUT2D eigenvalue weighted by atomic mass is 16.6. The van der Waals surface area contributed by atoms with E-state index in [0.29, 0.717) is 19.3 Å². The second-order valence-corrected chi connectivity index (χ2v) is 17.4. The van der Waals surface area contributed by atoms with E-state index in [1.807, 2.05) is 0 Å².